The summed E-state index contributed by atoms with van der Waals surface area (Å²) in [4.78, 5) is 41.6. The van der Waals surface area contributed by atoms with Gasteiger partial charge in [0.1, 0.15) is 0 Å². The van der Waals surface area contributed by atoms with Gasteiger partial charge in [0, 0.05) is 39.8 Å². The summed E-state index contributed by atoms with van der Waals surface area (Å²) in [7, 11) is 1.34. The van der Waals surface area contributed by atoms with Crippen molar-refractivity contribution < 1.29 is 14.4 Å². The van der Waals surface area contributed by atoms with Gasteiger partial charge in [0.2, 0.25) is 0 Å². The average molecular weight is 330 g/mol. The highest BCUT2D eigenvalue weighted by molar-refractivity contribution is 6.44. The first-order chi connectivity index (χ1) is 11.5. The molecule has 2 aliphatic heterocycles. The maximum atomic E-state index is 11.9. The number of likely N-dealkylation sites (N-methyl/N-ethyl adjacent to an activating group) is 1. The summed E-state index contributed by atoms with van der Waals surface area (Å²) in [5, 5.41) is 0. The highest BCUT2D eigenvalue weighted by atomic mass is 16.2. The SMILES string of the molecule is Cc1cccc(CN2CCN(CN3C(=O)C(=O)N(C)C3=O)CC2)c1. The Labute approximate surface area is 141 Å². The zero-order chi connectivity index (χ0) is 17.3. The summed E-state index contributed by atoms with van der Waals surface area (Å²) in [5.74, 6) is -1.48. The number of hydrogen-bond acceptors (Lipinski definition) is 5. The van der Waals surface area contributed by atoms with E-state index in [0.717, 1.165) is 42.5 Å². The van der Waals surface area contributed by atoms with Gasteiger partial charge < -0.3 is 0 Å². The molecule has 0 saturated carbocycles. The molecule has 7 nitrogen and oxygen atoms in total. The van der Waals surface area contributed by atoms with Crippen LogP contribution in [0.5, 0.6) is 0 Å². The smallest absolute Gasteiger partial charge is 0.297 e. The molecular formula is C17H22N4O3. The van der Waals surface area contributed by atoms with E-state index in [0.29, 0.717) is 0 Å². The van der Waals surface area contributed by atoms with E-state index in [2.05, 4.69) is 36.1 Å². The van der Waals surface area contributed by atoms with E-state index < -0.39 is 17.8 Å². The lowest BCUT2D eigenvalue weighted by Crippen LogP contribution is -2.51. The number of piperazine rings is 1. The first-order valence-electron chi connectivity index (χ1n) is 8.09. The lowest BCUT2D eigenvalue weighted by atomic mass is 10.1. The summed E-state index contributed by atoms with van der Waals surface area (Å²) in [6, 6.07) is 7.94. The number of amides is 4. The molecule has 0 atom stereocenters. The summed E-state index contributed by atoms with van der Waals surface area (Å²) >= 11 is 0. The molecule has 0 aliphatic carbocycles. The van der Waals surface area contributed by atoms with Gasteiger partial charge in [-0.15, -0.1) is 0 Å². The van der Waals surface area contributed by atoms with E-state index in [1.54, 1.807) is 0 Å². The fourth-order valence-corrected chi connectivity index (χ4v) is 3.10. The molecule has 3 rings (SSSR count). The maximum absolute atomic E-state index is 11.9. The van der Waals surface area contributed by atoms with Crippen LogP contribution in [0.1, 0.15) is 11.1 Å². The number of imide groups is 2. The molecule has 2 aliphatic rings. The van der Waals surface area contributed by atoms with Crippen molar-refractivity contribution in [3.63, 3.8) is 0 Å². The Balaban J connectivity index is 1.51. The van der Waals surface area contributed by atoms with Crippen LogP contribution in [0.25, 0.3) is 0 Å². The van der Waals surface area contributed by atoms with Crippen LogP contribution in [0.4, 0.5) is 4.79 Å². The van der Waals surface area contributed by atoms with Crippen molar-refractivity contribution >= 4 is 17.8 Å². The Morgan fingerprint density at radius 3 is 2.21 bits per heavy atom. The Bertz CT molecular complexity index is 668. The highest BCUT2D eigenvalue weighted by Gasteiger charge is 2.42. The van der Waals surface area contributed by atoms with E-state index in [-0.39, 0.29) is 6.67 Å². The van der Waals surface area contributed by atoms with Crippen LogP contribution in [0.3, 0.4) is 0 Å². The third-order valence-corrected chi connectivity index (χ3v) is 4.55. The predicted molar refractivity (Wildman–Crippen MR) is 87.9 cm³/mol. The summed E-state index contributed by atoms with van der Waals surface area (Å²) < 4.78 is 0. The number of nitrogens with zero attached hydrogens (tertiary/aromatic N) is 4. The Hall–Kier alpha value is -2.25. The standard InChI is InChI=1S/C17H22N4O3/c1-13-4-3-5-14(10-13)11-19-6-8-20(9-7-19)12-21-16(23)15(22)18(2)17(21)24/h3-5,10H,6-9,11-12H2,1-2H3. The van der Waals surface area contributed by atoms with Crippen LogP contribution in [0.15, 0.2) is 24.3 Å². The number of carbonyl (C=O) groups is 3. The highest BCUT2D eigenvalue weighted by Crippen LogP contribution is 2.14. The Morgan fingerprint density at radius 1 is 0.958 bits per heavy atom. The van der Waals surface area contributed by atoms with Crippen molar-refractivity contribution in [3.05, 3.63) is 35.4 Å². The number of carbonyl (C=O) groups excluding carboxylic acids is 3. The topological polar surface area (TPSA) is 64.2 Å². The third-order valence-electron chi connectivity index (χ3n) is 4.55. The summed E-state index contributed by atoms with van der Waals surface area (Å²) in [6.45, 7) is 6.44. The van der Waals surface area contributed by atoms with Gasteiger partial charge in [0.15, 0.2) is 0 Å². The number of rotatable bonds is 4. The Morgan fingerprint density at radius 2 is 1.62 bits per heavy atom. The zero-order valence-corrected chi connectivity index (χ0v) is 14.1. The molecule has 0 unspecified atom stereocenters. The van der Waals surface area contributed by atoms with E-state index in [1.807, 2.05) is 4.90 Å². The fourth-order valence-electron chi connectivity index (χ4n) is 3.10. The van der Waals surface area contributed by atoms with Crippen LogP contribution in [0.2, 0.25) is 0 Å². The number of benzene rings is 1. The lowest BCUT2D eigenvalue weighted by molar-refractivity contribution is -0.143. The van der Waals surface area contributed by atoms with Gasteiger partial charge in [0.05, 0.1) is 6.67 Å². The zero-order valence-electron chi connectivity index (χ0n) is 14.1. The van der Waals surface area contributed by atoms with Crippen molar-refractivity contribution in [3.8, 4) is 0 Å². The monoisotopic (exact) mass is 330 g/mol. The second-order valence-corrected chi connectivity index (χ2v) is 6.40. The molecule has 0 radical (unpaired) electrons. The van der Waals surface area contributed by atoms with Crippen LogP contribution < -0.4 is 0 Å². The van der Waals surface area contributed by atoms with Crippen molar-refractivity contribution in [2.75, 3.05) is 39.9 Å². The molecule has 1 aromatic rings. The van der Waals surface area contributed by atoms with Gasteiger partial charge in [-0.25, -0.2) is 9.69 Å². The van der Waals surface area contributed by atoms with E-state index in [4.69, 9.17) is 0 Å². The summed E-state index contributed by atoms with van der Waals surface area (Å²) in [5.41, 5.74) is 2.55. The number of aryl methyl sites for hydroxylation is 1. The van der Waals surface area contributed by atoms with Crippen molar-refractivity contribution in [2.45, 2.75) is 13.5 Å². The first kappa shape index (κ1) is 16.6. The van der Waals surface area contributed by atoms with Gasteiger partial charge in [-0.2, -0.15) is 0 Å². The largest absolute Gasteiger partial charge is 0.335 e. The number of urea groups is 1. The molecule has 128 valence electrons. The molecule has 0 aromatic heterocycles. The van der Waals surface area contributed by atoms with Crippen LogP contribution in [-0.2, 0) is 16.1 Å². The molecule has 0 bridgehead atoms. The van der Waals surface area contributed by atoms with Crippen molar-refractivity contribution in [1.29, 1.82) is 0 Å². The van der Waals surface area contributed by atoms with E-state index >= 15 is 0 Å². The van der Waals surface area contributed by atoms with Gasteiger partial charge in [-0.1, -0.05) is 29.8 Å². The predicted octanol–water partition coefficient (Wildman–Crippen LogP) is 0.491. The molecular weight excluding hydrogens is 308 g/mol. The molecule has 1 aromatic carbocycles. The van der Waals surface area contributed by atoms with Crippen molar-refractivity contribution in [2.24, 2.45) is 0 Å². The maximum Gasteiger partial charge on any atom is 0.335 e. The van der Waals surface area contributed by atoms with Gasteiger partial charge in [-0.05, 0) is 12.5 Å². The number of hydrogen-bond donors (Lipinski definition) is 0. The van der Waals surface area contributed by atoms with Crippen LogP contribution >= 0.6 is 0 Å². The van der Waals surface area contributed by atoms with E-state index in [1.165, 1.54) is 18.2 Å². The molecule has 4 amide bonds. The molecule has 2 heterocycles. The van der Waals surface area contributed by atoms with Gasteiger partial charge in [-0.3, -0.25) is 24.3 Å². The lowest BCUT2D eigenvalue weighted by Gasteiger charge is -2.35. The molecule has 0 spiro atoms. The minimum atomic E-state index is -0.752. The van der Waals surface area contributed by atoms with E-state index in [9.17, 15) is 14.4 Å². The minimum Gasteiger partial charge on any atom is -0.297 e. The van der Waals surface area contributed by atoms with Crippen LogP contribution in [-0.4, -0.2) is 77.3 Å². The molecule has 2 fully saturated rings. The second kappa shape index (κ2) is 6.70. The first-order valence-corrected chi connectivity index (χ1v) is 8.09. The van der Waals surface area contributed by atoms with Crippen molar-refractivity contribution in [1.82, 2.24) is 19.6 Å². The molecule has 0 N–H and O–H groups in total. The third kappa shape index (κ3) is 3.32. The molecule has 24 heavy (non-hydrogen) atoms. The normalized spacial score (nSPS) is 20.3. The second-order valence-electron chi connectivity index (χ2n) is 6.40. The minimum absolute atomic E-state index is 0.187. The average Bonchev–Trinajstić information content (AvgIpc) is 2.74. The molecule has 2 saturated heterocycles. The van der Waals surface area contributed by atoms with Gasteiger partial charge in [0.25, 0.3) is 0 Å². The summed E-state index contributed by atoms with van der Waals surface area (Å²) in [6.07, 6.45) is 0. The molecule has 7 heteroatoms. The fraction of sp³-hybridized carbons (Fsp3) is 0.471. The van der Waals surface area contributed by atoms with Crippen LogP contribution in [0, 0.1) is 6.92 Å². The quantitative estimate of drug-likeness (QED) is 0.594. The van der Waals surface area contributed by atoms with Gasteiger partial charge >= 0.3 is 17.8 Å². The Kier molecular flexibility index (Phi) is 4.64.